The average Bonchev–Trinajstić information content (AvgIpc) is 2.98. The number of aryl methyl sites for hydroxylation is 1. The molecule has 0 saturated carbocycles. The van der Waals surface area contributed by atoms with Crippen LogP contribution < -0.4 is 0 Å². The lowest BCUT2D eigenvalue weighted by Crippen LogP contribution is -2.32. The summed E-state index contributed by atoms with van der Waals surface area (Å²) in [7, 11) is 4.25. The number of imidazole rings is 1. The largest absolute Gasteiger partial charge is 0.328 e. The number of piperidine rings is 1. The van der Waals surface area contributed by atoms with E-state index in [1.165, 1.54) is 19.4 Å². The van der Waals surface area contributed by atoms with Gasteiger partial charge in [-0.05, 0) is 33.4 Å². The average molecular weight is 274 g/mol. The van der Waals surface area contributed by atoms with Crippen LogP contribution in [0, 0.1) is 6.92 Å². The van der Waals surface area contributed by atoms with E-state index in [1.54, 1.807) is 0 Å². The van der Waals surface area contributed by atoms with E-state index in [4.69, 9.17) is 0 Å². The molecule has 1 fully saturated rings. The molecule has 0 N–H and O–H groups in total. The van der Waals surface area contributed by atoms with Crippen LogP contribution in [0.4, 0.5) is 0 Å². The van der Waals surface area contributed by atoms with Gasteiger partial charge in [-0.1, -0.05) is 0 Å². The zero-order valence-corrected chi connectivity index (χ0v) is 12.5. The summed E-state index contributed by atoms with van der Waals surface area (Å²) in [5.74, 6) is 3.62. The second-order valence-electron chi connectivity index (χ2n) is 5.74. The predicted molar refractivity (Wildman–Crippen MR) is 76.5 cm³/mol. The molecule has 0 aromatic carbocycles. The number of nitrogens with zero attached hydrogens (tertiary/aromatic N) is 6. The maximum Gasteiger partial charge on any atom is 0.152 e. The van der Waals surface area contributed by atoms with Crippen molar-refractivity contribution in [2.45, 2.75) is 32.2 Å². The van der Waals surface area contributed by atoms with Gasteiger partial charge in [0.25, 0.3) is 0 Å². The van der Waals surface area contributed by atoms with E-state index in [9.17, 15) is 0 Å². The lowest BCUT2D eigenvalue weighted by Gasteiger charge is -2.28. The van der Waals surface area contributed by atoms with E-state index < -0.39 is 0 Å². The smallest absolute Gasteiger partial charge is 0.152 e. The Morgan fingerprint density at radius 3 is 2.85 bits per heavy atom. The molecular formula is C14H22N6. The Labute approximate surface area is 119 Å². The summed E-state index contributed by atoms with van der Waals surface area (Å²) in [6, 6.07) is 0. The first-order chi connectivity index (χ1) is 9.65. The summed E-state index contributed by atoms with van der Waals surface area (Å²) >= 11 is 0. The van der Waals surface area contributed by atoms with Crippen LogP contribution in [0.3, 0.4) is 0 Å². The first-order valence-corrected chi connectivity index (χ1v) is 7.19. The Hall–Kier alpha value is -1.69. The van der Waals surface area contributed by atoms with Gasteiger partial charge < -0.3 is 14.0 Å². The highest BCUT2D eigenvalue weighted by molar-refractivity contribution is 5.05. The molecule has 0 aliphatic carbocycles. The van der Waals surface area contributed by atoms with Gasteiger partial charge in [-0.15, -0.1) is 10.2 Å². The van der Waals surface area contributed by atoms with Gasteiger partial charge in [0.1, 0.15) is 11.6 Å². The lowest BCUT2D eigenvalue weighted by molar-refractivity contribution is 0.243. The summed E-state index contributed by atoms with van der Waals surface area (Å²) in [6.45, 7) is 5.01. The Kier molecular flexibility index (Phi) is 3.56. The topological polar surface area (TPSA) is 51.8 Å². The van der Waals surface area contributed by atoms with Crippen LogP contribution in [0.15, 0.2) is 12.4 Å². The van der Waals surface area contributed by atoms with Crippen molar-refractivity contribution < 1.29 is 0 Å². The molecule has 0 spiro atoms. The Morgan fingerprint density at radius 1 is 1.30 bits per heavy atom. The minimum atomic E-state index is 0.504. The van der Waals surface area contributed by atoms with Crippen molar-refractivity contribution in [3.8, 4) is 0 Å². The number of aromatic nitrogens is 5. The maximum atomic E-state index is 4.44. The number of hydrogen-bond acceptors (Lipinski definition) is 4. The van der Waals surface area contributed by atoms with E-state index >= 15 is 0 Å². The van der Waals surface area contributed by atoms with Gasteiger partial charge in [0.2, 0.25) is 0 Å². The van der Waals surface area contributed by atoms with Crippen LogP contribution in [0.25, 0.3) is 0 Å². The quantitative estimate of drug-likeness (QED) is 0.843. The van der Waals surface area contributed by atoms with Crippen molar-refractivity contribution in [3.05, 3.63) is 29.9 Å². The Bertz CT molecular complexity index is 584. The van der Waals surface area contributed by atoms with E-state index in [2.05, 4.69) is 43.3 Å². The third-order valence-electron chi connectivity index (χ3n) is 4.22. The number of likely N-dealkylation sites (N-methyl/N-ethyl adjacent to an activating group) is 1. The first-order valence-electron chi connectivity index (χ1n) is 7.19. The minimum absolute atomic E-state index is 0.504. The summed E-state index contributed by atoms with van der Waals surface area (Å²) in [6.07, 6.45) is 6.26. The lowest BCUT2D eigenvalue weighted by atomic mass is 9.98. The van der Waals surface area contributed by atoms with Crippen LogP contribution in [-0.4, -0.2) is 49.4 Å². The minimum Gasteiger partial charge on any atom is -0.328 e. The van der Waals surface area contributed by atoms with Gasteiger partial charge in [0.15, 0.2) is 5.82 Å². The summed E-state index contributed by atoms with van der Waals surface area (Å²) < 4.78 is 4.25. The molecule has 1 saturated heterocycles. The van der Waals surface area contributed by atoms with Crippen molar-refractivity contribution in [2.24, 2.45) is 7.05 Å². The fourth-order valence-corrected chi connectivity index (χ4v) is 2.97. The van der Waals surface area contributed by atoms with Crippen LogP contribution in [0.5, 0.6) is 0 Å². The Morgan fingerprint density at radius 2 is 2.15 bits per heavy atom. The molecule has 3 rings (SSSR count). The molecule has 3 heterocycles. The van der Waals surface area contributed by atoms with Gasteiger partial charge in [0, 0.05) is 31.9 Å². The van der Waals surface area contributed by atoms with Crippen molar-refractivity contribution in [3.63, 3.8) is 0 Å². The molecule has 20 heavy (non-hydrogen) atoms. The van der Waals surface area contributed by atoms with Crippen LogP contribution in [0.1, 0.15) is 36.2 Å². The van der Waals surface area contributed by atoms with E-state index in [0.29, 0.717) is 5.92 Å². The molecule has 0 amide bonds. The first kappa shape index (κ1) is 13.3. The molecule has 108 valence electrons. The van der Waals surface area contributed by atoms with E-state index in [1.807, 2.05) is 19.3 Å². The highest BCUT2D eigenvalue weighted by Crippen LogP contribution is 2.24. The molecule has 1 aliphatic heterocycles. The molecular weight excluding hydrogens is 252 g/mol. The van der Waals surface area contributed by atoms with E-state index in [0.717, 1.165) is 30.6 Å². The molecule has 0 bridgehead atoms. The third kappa shape index (κ3) is 2.47. The monoisotopic (exact) mass is 274 g/mol. The van der Waals surface area contributed by atoms with Gasteiger partial charge in [-0.2, -0.15) is 0 Å². The molecule has 0 radical (unpaired) electrons. The highest BCUT2D eigenvalue weighted by atomic mass is 15.3. The fraction of sp³-hybridized carbons (Fsp3) is 0.643. The zero-order chi connectivity index (χ0) is 14.1. The molecule has 2 aromatic heterocycles. The fourth-order valence-electron chi connectivity index (χ4n) is 2.97. The van der Waals surface area contributed by atoms with Gasteiger partial charge in [-0.25, -0.2) is 4.98 Å². The number of likely N-dealkylation sites (tertiary alicyclic amines) is 1. The van der Waals surface area contributed by atoms with Crippen molar-refractivity contribution in [2.75, 3.05) is 20.1 Å². The zero-order valence-electron chi connectivity index (χ0n) is 12.5. The van der Waals surface area contributed by atoms with Crippen molar-refractivity contribution in [1.82, 2.24) is 29.2 Å². The predicted octanol–water partition coefficient (Wildman–Crippen LogP) is 1.18. The third-order valence-corrected chi connectivity index (χ3v) is 4.22. The van der Waals surface area contributed by atoms with Crippen molar-refractivity contribution in [1.29, 1.82) is 0 Å². The van der Waals surface area contributed by atoms with Gasteiger partial charge >= 0.3 is 0 Å². The number of hydrogen-bond donors (Lipinski definition) is 0. The van der Waals surface area contributed by atoms with Gasteiger partial charge in [-0.3, -0.25) is 0 Å². The molecule has 2 aromatic rings. The second-order valence-corrected chi connectivity index (χ2v) is 5.74. The number of rotatable bonds is 3. The molecule has 6 nitrogen and oxygen atoms in total. The normalized spacial score (nSPS) is 20.4. The molecule has 1 atom stereocenters. The van der Waals surface area contributed by atoms with Crippen molar-refractivity contribution >= 4 is 0 Å². The van der Waals surface area contributed by atoms with Gasteiger partial charge in [0.05, 0.1) is 6.54 Å². The molecule has 1 aliphatic rings. The van der Waals surface area contributed by atoms with Crippen LogP contribution in [0.2, 0.25) is 0 Å². The van der Waals surface area contributed by atoms with E-state index in [-0.39, 0.29) is 0 Å². The standard InChI is InChI=1S/C14H22N6/c1-11-15-6-8-20(11)10-13-16-17-14(19(13)3)12-5-4-7-18(2)9-12/h6,8,12H,4-5,7,9-10H2,1-3H3/t12-/m0/s1. The van der Waals surface area contributed by atoms with Crippen LogP contribution in [-0.2, 0) is 13.6 Å². The maximum absolute atomic E-state index is 4.44. The summed E-state index contributed by atoms with van der Waals surface area (Å²) in [4.78, 5) is 6.63. The molecule has 0 unspecified atom stereocenters. The van der Waals surface area contributed by atoms with Crippen LogP contribution >= 0.6 is 0 Å². The Balaban J connectivity index is 1.80. The summed E-state index contributed by atoms with van der Waals surface area (Å²) in [5.41, 5.74) is 0. The highest BCUT2D eigenvalue weighted by Gasteiger charge is 2.24. The molecule has 6 heteroatoms. The second kappa shape index (κ2) is 5.36. The summed E-state index contributed by atoms with van der Waals surface area (Å²) in [5, 5.41) is 8.81. The SMILES string of the molecule is Cc1nccn1Cc1nnc([C@H]2CCCN(C)C2)n1C.